The summed E-state index contributed by atoms with van der Waals surface area (Å²) in [6.45, 7) is 7.25. The molecule has 228 valence electrons. The van der Waals surface area contributed by atoms with Gasteiger partial charge in [-0.3, -0.25) is 0 Å². The monoisotopic (exact) mass is 601 g/mol. The van der Waals surface area contributed by atoms with Crippen molar-refractivity contribution in [3.05, 3.63) is 33.4 Å². The van der Waals surface area contributed by atoms with Crippen molar-refractivity contribution in [3.63, 3.8) is 0 Å². The van der Waals surface area contributed by atoms with Crippen molar-refractivity contribution in [2.24, 2.45) is 0 Å². The molecule has 5 heterocycles. The van der Waals surface area contributed by atoms with Crippen LogP contribution >= 0.6 is 11.3 Å². The second-order valence-electron chi connectivity index (χ2n) is 13.3. The number of thiophene rings is 1. The molecule has 3 atom stereocenters. The van der Waals surface area contributed by atoms with Gasteiger partial charge in [0.25, 0.3) is 0 Å². The molecule has 7 rings (SSSR count). The molecule has 3 aromatic rings. The Kier molecular flexibility index (Phi) is 7.35. The van der Waals surface area contributed by atoms with E-state index in [1.54, 1.807) is 11.3 Å². The Morgan fingerprint density at radius 1 is 1.09 bits per heavy atom. The summed E-state index contributed by atoms with van der Waals surface area (Å²) in [5.41, 5.74) is 9.61. The summed E-state index contributed by atoms with van der Waals surface area (Å²) in [7, 11) is 6.52. The van der Waals surface area contributed by atoms with E-state index in [9.17, 15) is 5.26 Å². The van der Waals surface area contributed by atoms with Crippen LogP contribution in [0.5, 0.6) is 0 Å². The highest BCUT2D eigenvalue weighted by Gasteiger charge is 2.49. The number of hydrogen-bond acceptors (Lipinski definition) is 11. The number of nitrogen functional groups attached to an aromatic ring is 1. The van der Waals surface area contributed by atoms with Crippen molar-refractivity contribution < 1.29 is 4.52 Å². The predicted molar refractivity (Wildman–Crippen MR) is 171 cm³/mol. The van der Waals surface area contributed by atoms with Crippen molar-refractivity contribution in [1.29, 1.82) is 5.26 Å². The minimum Gasteiger partial charge on any atom is -0.389 e. The van der Waals surface area contributed by atoms with Crippen molar-refractivity contribution in [3.8, 4) is 17.6 Å². The van der Waals surface area contributed by atoms with Crippen molar-refractivity contribution in [2.75, 3.05) is 69.4 Å². The van der Waals surface area contributed by atoms with Crippen molar-refractivity contribution >= 4 is 28.0 Å². The summed E-state index contributed by atoms with van der Waals surface area (Å²) < 4.78 is 6.34. The average molecular weight is 602 g/mol. The molecule has 0 saturated carbocycles. The number of aryl methyl sites for hydroxylation is 1. The van der Waals surface area contributed by atoms with Gasteiger partial charge in [-0.2, -0.15) is 5.26 Å². The smallest absolute Gasteiger partial charge is 0.186 e. The fourth-order valence-corrected chi connectivity index (χ4v) is 9.30. The van der Waals surface area contributed by atoms with Gasteiger partial charge >= 0.3 is 0 Å². The Morgan fingerprint density at radius 2 is 1.88 bits per heavy atom. The van der Waals surface area contributed by atoms with Crippen LogP contribution in [0.4, 0.5) is 16.6 Å². The van der Waals surface area contributed by atoms with Gasteiger partial charge in [-0.05, 0) is 91.5 Å². The molecule has 1 spiro atoms. The van der Waals surface area contributed by atoms with E-state index in [0.29, 0.717) is 28.5 Å². The van der Waals surface area contributed by atoms with Crippen LogP contribution in [0.25, 0.3) is 11.5 Å². The average Bonchev–Trinajstić information content (AvgIpc) is 3.70. The molecule has 2 aliphatic heterocycles. The van der Waals surface area contributed by atoms with E-state index in [4.69, 9.17) is 25.4 Å². The Hall–Kier alpha value is -3.20. The molecule has 2 aliphatic carbocycles. The van der Waals surface area contributed by atoms with Crippen LogP contribution in [0, 0.1) is 11.3 Å². The number of nitrogens with zero attached hydrogens (tertiary/aromatic N) is 8. The van der Waals surface area contributed by atoms with Crippen LogP contribution in [-0.4, -0.2) is 90.9 Å². The molecular weight excluding hydrogens is 558 g/mol. The minimum absolute atomic E-state index is 0.333. The van der Waals surface area contributed by atoms with Gasteiger partial charge in [0.05, 0.1) is 11.0 Å². The molecular formula is C32H43N9OS. The van der Waals surface area contributed by atoms with Gasteiger partial charge in [0.2, 0.25) is 0 Å². The van der Waals surface area contributed by atoms with E-state index < -0.39 is 0 Å². The van der Waals surface area contributed by atoms with Crippen LogP contribution in [0.1, 0.15) is 72.8 Å². The lowest BCUT2D eigenvalue weighted by Gasteiger charge is -2.39. The largest absolute Gasteiger partial charge is 0.389 e. The topological polar surface area (TPSA) is 115 Å². The first-order valence-corrected chi connectivity index (χ1v) is 16.7. The normalized spacial score (nSPS) is 26.0. The first kappa shape index (κ1) is 28.6. The zero-order valence-electron chi connectivity index (χ0n) is 25.9. The molecule has 3 aromatic heterocycles. The molecule has 4 aliphatic rings. The third-order valence-electron chi connectivity index (χ3n) is 10.3. The van der Waals surface area contributed by atoms with Gasteiger partial charge in [0, 0.05) is 54.8 Å². The molecule has 0 bridgehead atoms. The Morgan fingerprint density at radius 3 is 2.65 bits per heavy atom. The Labute approximate surface area is 258 Å². The van der Waals surface area contributed by atoms with Gasteiger partial charge in [0.1, 0.15) is 22.7 Å². The van der Waals surface area contributed by atoms with Crippen LogP contribution in [0.3, 0.4) is 0 Å². The highest BCUT2D eigenvalue weighted by molar-refractivity contribution is 7.16. The SMILES string of the molecule is C[C@H]1CN(C)CCCN1c1cc(N2CC[C@H](N(C)C)C2)nc(-c2noc3c2CCC[C@@]32CCCc3sc(N)c(C#N)c32)n1. The van der Waals surface area contributed by atoms with E-state index in [1.807, 2.05) is 0 Å². The first-order valence-electron chi connectivity index (χ1n) is 15.9. The molecule has 0 aromatic carbocycles. The van der Waals surface area contributed by atoms with Gasteiger partial charge in [-0.1, -0.05) is 5.16 Å². The Bertz CT molecular complexity index is 1550. The van der Waals surface area contributed by atoms with Crippen molar-refractivity contribution in [1.82, 2.24) is 24.9 Å². The van der Waals surface area contributed by atoms with Gasteiger partial charge < -0.3 is 29.9 Å². The van der Waals surface area contributed by atoms with Gasteiger partial charge in [0.15, 0.2) is 17.3 Å². The quantitative estimate of drug-likeness (QED) is 0.465. The second-order valence-corrected chi connectivity index (χ2v) is 14.4. The summed E-state index contributed by atoms with van der Waals surface area (Å²) in [6, 6.07) is 5.46. The number of fused-ring (bicyclic) bond motifs is 4. The van der Waals surface area contributed by atoms with Gasteiger partial charge in [-0.15, -0.1) is 11.3 Å². The van der Waals surface area contributed by atoms with E-state index >= 15 is 0 Å². The maximum atomic E-state index is 10.1. The summed E-state index contributed by atoms with van der Waals surface area (Å²) >= 11 is 1.58. The van der Waals surface area contributed by atoms with Crippen LogP contribution < -0.4 is 15.5 Å². The molecule has 2 fully saturated rings. The van der Waals surface area contributed by atoms with E-state index in [-0.39, 0.29) is 5.41 Å². The minimum atomic E-state index is -0.357. The summed E-state index contributed by atoms with van der Waals surface area (Å²) in [5, 5.41) is 15.5. The maximum absolute atomic E-state index is 10.1. The maximum Gasteiger partial charge on any atom is 0.186 e. The lowest BCUT2D eigenvalue weighted by Crippen LogP contribution is -2.38. The van der Waals surface area contributed by atoms with E-state index in [2.05, 4.69) is 59.8 Å². The fourth-order valence-electron chi connectivity index (χ4n) is 8.14. The molecule has 11 heteroatoms. The summed E-state index contributed by atoms with van der Waals surface area (Å²) in [6.07, 6.45) is 7.97. The predicted octanol–water partition coefficient (Wildman–Crippen LogP) is 4.28. The zero-order chi connectivity index (χ0) is 29.9. The second kappa shape index (κ2) is 11.1. The standard InChI is InChI=1S/C32H43N9OS/c1-20-18-39(4)13-7-14-41(20)26-16-25(40-15-10-21(19-40)38(2)3)35-31(36-26)28-22-8-5-11-32(29(22)42-37-28)12-6-9-24-27(32)23(17-33)30(34)43-24/h16,20-21H,5-15,18-19,34H2,1-4H3/t20-,21-,32-/m0/s1. The highest BCUT2D eigenvalue weighted by Crippen LogP contribution is 2.55. The zero-order valence-corrected chi connectivity index (χ0v) is 26.7. The summed E-state index contributed by atoms with van der Waals surface area (Å²) in [5.74, 6) is 3.48. The number of anilines is 3. The van der Waals surface area contributed by atoms with Crippen LogP contribution in [-0.2, 0) is 18.3 Å². The lowest BCUT2D eigenvalue weighted by atomic mass is 9.63. The molecule has 10 nitrogen and oxygen atoms in total. The number of nitriles is 1. The molecule has 0 radical (unpaired) electrons. The third-order valence-corrected chi connectivity index (χ3v) is 11.4. The van der Waals surface area contributed by atoms with Gasteiger partial charge in [-0.25, -0.2) is 9.97 Å². The van der Waals surface area contributed by atoms with E-state index in [0.717, 1.165) is 118 Å². The Balaban J connectivity index is 1.34. The summed E-state index contributed by atoms with van der Waals surface area (Å²) in [4.78, 5) is 21.2. The molecule has 0 amide bonds. The number of aromatic nitrogens is 3. The number of hydrogen-bond donors (Lipinski definition) is 1. The molecule has 2 N–H and O–H groups in total. The third kappa shape index (κ3) is 4.78. The lowest BCUT2D eigenvalue weighted by molar-refractivity contribution is 0.265. The molecule has 43 heavy (non-hydrogen) atoms. The number of rotatable bonds is 4. The van der Waals surface area contributed by atoms with Crippen LogP contribution in [0.15, 0.2) is 10.6 Å². The molecule has 2 saturated heterocycles. The van der Waals surface area contributed by atoms with E-state index in [1.165, 1.54) is 4.88 Å². The number of likely N-dealkylation sites (N-methyl/N-ethyl adjacent to an activating group) is 2. The number of nitrogens with two attached hydrogens (primary N) is 1. The fraction of sp³-hybridized carbons (Fsp3) is 0.625. The van der Waals surface area contributed by atoms with Crippen LogP contribution in [0.2, 0.25) is 0 Å². The first-order chi connectivity index (χ1) is 20.8. The molecule has 0 unspecified atom stereocenters. The van der Waals surface area contributed by atoms with Crippen molar-refractivity contribution in [2.45, 2.75) is 75.8 Å². The highest BCUT2D eigenvalue weighted by atomic mass is 32.1.